The second kappa shape index (κ2) is 6.79. The highest BCUT2D eigenvalue weighted by molar-refractivity contribution is 5.80. The van der Waals surface area contributed by atoms with E-state index in [1.54, 1.807) is 0 Å². The molecule has 0 saturated heterocycles. The molecule has 2 heterocycles. The lowest BCUT2D eigenvalue weighted by Crippen LogP contribution is -2.05. The quantitative estimate of drug-likeness (QED) is 0.644. The summed E-state index contributed by atoms with van der Waals surface area (Å²) in [5.74, 6) is 2.49. The summed E-state index contributed by atoms with van der Waals surface area (Å²) in [5.41, 5.74) is 9.67. The molecular formula is C19H19N5O2. The lowest BCUT2D eigenvalue weighted by molar-refractivity contribution is 0.174. The molecule has 1 aliphatic rings. The number of benzene rings is 2. The van der Waals surface area contributed by atoms with Crippen molar-refractivity contribution in [2.24, 2.45) is 0 Å². The Morgan fingerprint density at radius 2 is 1.58 bits per heavy atom. The first kappa shape index (κ1) is 16.0. The number of aryl methyl sites for hydroxylation is 1. The minimum absolute atomic E-state index is 0.235. The fourth-order valence-corrected chi connectivity index (χ4v) is 2.67. The van der Waals surface area contributed by atoms with E-state index in [0.717, 1.165) is 23.5 Å². The Kier molecular flexibility index (Phi) is 4.18. The Bertz CT molecular complexity index is 928. The van der Waals surface area contributed by atoms with Crippen LogP contribution in [0.15, 0.2) is 48.8 Å². The van der Waals surface area contributed by atoms with E-state index in [4.69, 9.17) is 15.2 Å². The maximum Gasteiger partial charge on any atom is 0.231 e. The van der Waals surface area contributed by atoms with Crippen molar-refractivity contribution in [3.05, 3.63) is 54.4 Å². The molecule has 0 fully saturated rings. The van der Waals surface area contributed by atoms with Crippen molar-refractivity contribution >= 4 is 28.7 Å². The van der Waals surface area contributed by atoms with Crippen LogP contribution >= 0.6 is 0 Å². The molecule has 4 N–H and O–H groups in total. The Morgan fingerprint density at radius 3 is 2.31 bits per heavy atom. The highest BCUT2D eigenvalue weighted by Crippen LogP contribution is 2.36. The molecule has 132 valence electrons. The lowest BCUT2D eigenvalue weighted by atomic mass is 10.1. The number of rotatable bonds is 5. The summed E-state index contributed by atoms with van der Waals surface area (Å²) in [7, 11) is 0. The molecule has 0 unspecified atom stereocenters. The molecule has 0 bridgehead atoms. The van der Waals surface area contributed by atoms with Gasteiger partial charge in [0.1, 0.15) is 12.0 Å². The van der Waals surface area contributed by atoms with Crippen molar-refractivity contribution in [3.63, 3.8) is 0 Å². The van der Waals surface area contributed by atoms with Gasteiger partial charge in [0.05, 0.1) is 0 Å². The molecule has 0 aliphatic carbocycles. The van der Waals surface area contributed by atoms with E-state index in [2.05, 4.69) is 39.7 Å². The molecule has 3 aromatic rings. The van der Waals surface area contributed by atoms with Crippen LogP contribution in [0.3, 0.4) is 0 Å². The Hall–Kier alpha value is -3.48. The molecule has 0 radical (unpaired) electrons. The second-order valence-electron chi connectivity index (χ2n) is 5.85. The normalized spacial score (nSPS) is 12.0. The average Bonchev–Trinajstić information content (AvgIpc) is 3.13. The Balaban J connectivity index is 1.55. The predicted molar refractivity (Wildman–Crippen MR) is 101 cm³/mol. The van der Waals surface area contributed by atoms with E-state index >= 15 is 0 Å². The summed E-state index contributed by atoms with van der Waals surface area (Å²) in [5, 5.41) is 6.43. The topological polar surface area (TPSA) is 94.3 Å². The Morgan fingerprint density at radius 1 is 0.923 bits per heavy atom. The minimum Gasteiger partial charge on any atom is -0.454 e. The number of nitrogens with one attached hydrogen (secondary N) is 2. The third kappa shape index (κ3) is 3.19. The van der Waals surface area contributed by atoms with Crippen LogP contribution in [0.1, 0.15) is 12.5 Å². The van der Waals surface area contributed by atoms with Crippen LogP contribution in [0, 0.1) is 0 Å². The van der Waals surface area contributed by atoms with E-state index in [0.29, 0.717) is 23.1 Å². The van der Waals surface area contributed by atoms with Gasteiger partial charge in [-0.2, -0.15) is 0 Å². The van der Waals surface area contributed by atoms with Gasteiger partial charge in [-0.15, -0.1) is 0 Å². The molecule has 0 amide bonds. The zero-order chi connectivity index (χ0) is 17.9. The van der Waals surface area contributed by atoms with Crippen LogP contribution in [0.25, 0.3) is 0 Å². The number of hydrogen-bond donors (Lipinski definition) is 3. The number of aromatic nitrogens is 2. The molecule has 4 rings (SSSR count). The Labute approximate surface area is 151 Å². The minimum atomic E-state index is 0.235. The second-order valence-corrected chi connectivity index (χ2v) is 5.85. The number of fused-ring (bicyclic) bond motifs is 1. The SMILES string of the molecule is CCc1ccc(Nc2ncnc(Nc3ccc4c(c3)OCO4)c2N)cc1. The van der Waals surface area contributed by atoms with Gasteiger partial charge >= 0.3 is 0 Å². The zero-order valence-electron chi connectivity index (χ0n) is 14.3. The van der Waals surface area contributed by atoms with Crippen molar-refractivity contribution in [2.45, 2.75) is 13.3 Å². The molecule has 7 heteroatoms. The van der Waals surface area contributed by atoms with Crippen molar-refractivity contribution in [2.75, 3.05) is 23.2 Å². The molecular weight excluding hydrogens is 330 g/mol. The molecule has 0 saturated carbocycles. The van der Waals surface area contributed by atoms with Crippen LogP contribution < -0.4 is 25.8 Å². The molecule has 0 spiro atoms. The van der Waals surface area contributed by atoms with E-state index in [1.165, 1.54) is 11.9 Å². The third-order valence-electron chi connectivity index (χ3n) is 4.14. The number of ether oxygens (including phenoxy) is 2. The maximum atomic E-state index is 6.24. The summed E-state index contributed by atoms with van der Waals surface area (Å²) in [6.45, 7) is 2.36. The smallest absolute Gasteiger partial charge is 0.231 e. The zero-order valence-corrected chi connectivity index (χ0v) is 14.3. The van der Waals surface area contributed by atoms with Gasteiger partial charge in [0.15, 0.2) is 23.1 Å². The van der Waals surface area contributed by atoms with Gasteiger partial charge in [0.2, 0.25) is 6.79 Å². The van der Waals surface area contributed by atoms with Crippen LogP contribution in [0.2, 0.25) is 0 Å². The fourth-order valence-electron chi connectivity index (χ4n) is 2.67. The molecule has 26 heavy (non-hydrogen) atoms. The van der Waals surface area contributed by atoms with Gasteiger partial charge in [-0.25, -0.2) is 9.97 Å². The van der Waals surface area contributed by atoms with E-state index in [1.807, 2.05) is 30.3 Å². The molecule has 0 atom stereocenters. The third-order valence-corrected chi connectivity index (χ3v) is 4.14. The largest absolute Gasteiger partial charge is 0.454 e. The number of anilines is 5. The van der Waals surface area contributed by atoms with Crippen molar-refractivity contribution in [1.82, 2.24) is 9.97 Å². The molecule has 7 nitrogen and oxygen atoms in total. The van der Waals surface area contributed by atoms with Gasteiger partial charge in [0.25, 0.3) is 0 Å². The van der Waals surface area contributed by atoms with Crippen LogP contribution in [0.5, 0.6) is 11.5 Å². The van der Waals surface area contributed by atoms with E-state index < -0.39 is 0 Å². The summed E-state index contributed by atoms with van der Waals surface area (Å²) in [6, 6.07) is 13.7. The highest BCUT2D eigenvalue weighted by Gasteiger charge is 2.14. The number of nitrogens with two attached hydrogens (primary N) is 1. The summed E-state index contributed by atoms with van der Waals surface area (Å²) >= 11 is 0. The van der Waals surface area contributed by atoms with Crippen LogP contribution in [-0.4, -0.2) is 16.8 Å². The number of nitrogen functional groups attached to an aromatic ring is 1. The van der Waals surface area contributed by atoms with Gasteiger partial charge < -0.3 is 25.8 Å². The first-order valence-corrected chi connectivity index (χ1v) is 8.36. The summed E-state index contributed by atoms with van der Waals surface area (Å²) in [6.07, 6.45) is 2.47. The van der Waals surface area contributed by atoms with Gasteiger partial charge in [0, 0.05) is 17.4 Å². The summed E-state index contributed by atoms with van der Waals surface area (Å²) < 4.78 is 10.7. The van der Waals surface area contributed by atoms with Gasteiger partial charge in [-0.1, -0.05) is 19.1 Å². The predicted octanol–water partition coefficient (Wildman–Crippen LogP) is 3.84. The number of hydrogen-bond acceptors (Lipinski definition) is 7. The van der Waals surface area contributed by atoms with Gasteiger partial charge in [-0.3, -0.25) is 0 Å². The summed E-state index contributed by atoms with van der Waals surface area (Å²) in [4.78, 5) is 8.48. The van der Waals surface area contributed by atoms with E-state index in [9.17, 15) is 0 Å². The molecule has 1 aromatic heterocycles. The highest BCUT2D eigenvalue weighted by atomic mass is 16.7. The first-order valence-electron chi connectivity index (χ1n) is 8.36. The van der Waals surface area contributed by atoms with Crippen molar-refractivity contribution in [3.8, 4) is 11.5 Å². The average molecular weight is 349 g/mol. The monoisotopic (exact) mass is 349 g/mol. The lowest BCUT2D eigenvalue weighted by Gasteiger charge is -2.13. The van der Waals surface area contributed by atoms with E-state index in [-0.39, 0.29) is 6.79 Å². The fraction of sp³-hybridized carbons (Fsp3) is 0.158. The van der Waals surface area contributed by atoms with Crippen LogP contribution in [0.4, 0.5) is 28.7 Å². The van der Waals surface area contributed by atoms with Gasteiger partial charge in [-0.05, 0) is 36.2 Å². The van der Waals surface area contributed by atoms with Crippen molar-refractivity contribution in [1.29, 1.82) is 0 Å². The molecule has 1 aliphatic heterocycles. The number of nitrogens with zero attached hydrogens (tertiary/aromatic N) is 2. The van der Waals surface area contributed by atoms with Crippen LogP contribution in [-0.2, 0) is 6.42 Å². The molecule has 2 aromatic carbocycles. The maximum absolute atomic E-state index is 6.24. The van der Waals surface area contributed by atoms with Crippen molar-refractivity contribution < 1.29 is 9.47 Å². The first-order chi connectivity index (χ1) is 12.7. The standard InChI is InChI=1S/C19H19N5O2/c1-2-12-3-5-13(6-4-12)23-18-17(20)19(22-10-21-18)24-14-7-8-15-16(9-14)26-11-25-15/h3-10H,2,11,20H2,1H3,(H2,21,22,23,24).